The predicted octanol–water partition coefficient (Wildman–Crippen LogP) is 2.45. The first-order chi connectivity index (χ1) is 8.09. The average molecular weight is 302 g/mol. The maximum Gasteiger partial charge on any atom is 0.257 e. The van der Waals surface area contributed by atoms with Crippen molar-refractivity contribution in [2.24, 2.45) is 0 Å². The van der Waals surface area contributed by atoms with E-state index in [4.69, 9.17) is 4.74 Å². The topological polar surface area (TPSA) is 29.5 Å². The third kappa shape index (κ3) is 2.66. The molecule has 1 fully saturated rings. The van der Waals surface area contributed by atoms with E-state index in [2.05, 4.69) is 15.9 Å². The predicted molar refractivity (Wildman–Crippen MR) is 65.4 cm³/mol. The van der Waals surface area contributed by atoms with E-state index in [1.54, 1.807) is 11.0 Å². The number of amides is 1. The number of carbonyl (C=O) groups excluding carboxylic acids is 1. The van der Waals surface area contributed by atoms with Crippen molar-refractivity contribution in [1.82, 2.24) is 4.90 Å². The summed E-state index contributed by atoms with van der Waals surface area (Å²) in [6.45, 7) is 3.42. The van der Waals surface area contributed by atoms with Gasteiger partial charge in [0.1, 0.15) is 5.82 Å². The summed E-state index contributed by atoms with van der Waals surface area (Å²) in [5, 5.41) is 0. The molecule has 1 saturated heterocycles. The molecule has 92 valence electrons. The zero-order valence-electron chi connectivity index (χ0n) is 9.45. The van der Waals surface area contributed by atoms with Crippen molar-refractivity contribution in [2.45, 2.75) is 13.0 Å². The zero-order valence-corrected chi connectivity index (χ0v) is 11.0. The molecule has 0 spiro atoms. The molecule has 0 aliphatic carbocycles. The van der Waals surface area contributed by atoms with E-state index in [1.165, 1.54) is 12.1 Å². The Hall–Kier alpha value is -0.940. The molecule has 0 aromatic heterocycles. The van der Waals surface area contributed by atoms with Gasteiger partial charge in [0.15, 0.2) is 0 Å². The molecule has 1 aromatic carbocycles. The Balaban J connectivity index is 2.24. The number of hydrogen-bond donors (Lipinski definition) is 0. The van der Waals surface area contributed by atoms with E-state index in [9.17, 15) is 9.18 Å². The minimum Gasteiger partial charge on any atom is -0.377 e. The largest absolute Gasteiger partial charge is 0.377 e. The van der Waals surface area contributed by atoms with Crippen LogP contribution in [0.1, 0.15) is 17.3 Å². The van der Waals surface area contributed by atoms with Crippen LogP contribution in [0.3, 0.4) is 0 Å². The summed E-state index contributed by atoms with van der Waals surface area (Å²) in [6.07, 6.45) is 0. The van der Waals surface area contributed by atoms with Crippen LogP contribution < -0.4 is 0 Å². The molecular weight excluding hydrogens is 289 g/mol. The lowest BCUT2D eigenvalue weighted by molar-refractivity contribution is 0.00335. The SMILES string of the molecule is C[C@@H]1COCCN1C(=O)c1ccc(Br)cc1F. The van der Waals surface area contributed by atoms with Crippen LogP contribution in [-0.4, -0.2) is 36.6 Å². The summed E-state index contributed by atoms with van der Waals surface area (Å²) in [5.41, 5.74) is 0.113. The molecule has 1 aliphatic heterocycles. The Bertz CT molecular complexity index is 439. The summed E-state index contributed by atoms with van der Waals surface area (Å²) in [4.78, 5) is 13.8. The molecule has 5 heteroatoms. The normalized spacial score (nSPS) is 20.4. The maximum atomic E-state index is 13.7. The fourth-order valence-electron chi connectivity index (χ4n) is 1.85. The fourth-order valence-corrected chi connectivity index (χ4v) is 2.18. The van der Waals surface area contributed by atoms with Crippen LogP contribution in [0.2, 0.25) is 0 Å². The molecule has 0 bridgehead atoms. The first-order valence-corrected chi connectivity index (χ1v) is 6.22. The van der Waals surface area contributed by atoms with Gasteiger partial charge in [-0.1, -0.05) is 15.9 Å². The second-order valence-electron chi connectivity index (χ2n) is 4.05. The average Bonchev–Trinajstić information content (AvgIpc) is 2.29. The molecular formula is C12H13BrFNO2. The summed E-state index contributed by atoms with van der Waals surface area (Å²) in [6, 6.07) is 4.46. The summed E-state index contributed by atoms with van der Waals surface area (Å²) in [5.74, 6) is -0.770. The minimum absolute atomic E-state index is 0.0145. The van der Waals surface area contributed by atoms with Crippen molar-refractivity contribution < 1.29 is 13.9 Å². The van der Waals surface area contributed by atoms with E-state index >= 15 is 0 Å². The van der Waals surface area contributed by atoms with Crippen molar-refractivity contribution in [3.8, 4) is 0 Å². The van der Waals surface area contributed by atoms with Gasteiger partial charge in [0, 0.05) is 11.0 Å². The Kier molecular flexibility index (Phi) is 3.79. The second kappa shape index (κ2) is 5.14. The quantitative estimate of drug-likeness (QED) is 0.797. The molecule has 1 aromatic rings. The Morgan fingerprint density at radius 2 is 2.35 bits per heavy atom. The van der Waals surface area contributed by atoms with Crippen LogP contribution in [0, 0.1) is 5.82 Å². The number of hydrogen-bond acceptors (Lipinski definition) is 2. The van der Waals surface area contributed by atoms with Crippen LogP contribution in [0.25, 0.3) is 0 Å². The van der Waals surface area contributed by atoms with E-state index in [0.29, 0.717) is 24.2 Å². The molecule has 0 saturated carbocycles. The minimum atomic E-state index is -0.497. The van der Waals surface area contributed by atoms with Crippen LogP contribution in [0.4, 0.5) is 4.39 Å². The highest BCUT2D eigenvalue weighted by atomic mass is 79.9. The van der Waals surface area contributed by atoms with Gasteiger partial charge in [0.25, 0.3) is 5.91 Å². The summed E-state index contributed by atoms with van der Waals surface area (Å²) < 4.78 is 19.6. The lowest BCUT2D eigenvalue weighted by Gasteiger charge is -2.33. The Morgan fingerprint density at radius 3 is 3.00 bits per heavy atom. The van der Waals surface area contributed by atoms with Gasteiger partial charge in [-0.2, -0.15) is 0 Å². The molecule has 1 amide bonds. The van der Waals surface area contributed by atoms with Gasteiger partial charge in [0.05, 0.1) is 24.8 Å². The molecule has 17 heavy (non-hydrogen) atoms. The van der Waals surface area contributed by atoms with Crippen LogP contribution >= 0.6 is 15.9 Å². The van der Waals surface area contributed by atoms with Crippen molar-refractivity contribution in [1.29, 1.82) is 0 Å². The van der Waals surface area contributed by atoms with E-state index < -0.39 is 5.82 Å². The van der Waals surface area contributed by atoms with Crippen molar-refractivity contribution in [3.63, 3.8) is 0 Å². The first kappa shape index (κ1) is 12.5. The van der Waals surface area contributed by atoms with E-state index in [1.807, 2.05) is 6.92 Å². The van der Waals surface area contributed by atoms with Gasteiger partial charge >= 0.3 is 0 Å². The Morgan fingerprint density at radius 1 is 1.59 bits per heavy atom. The van der Waals surface area contributed by atoms with Crippen LogP contribution in [0.15, 0.2) is 22.7 Å². The number of nitrogens with zero attached hydrogens (tertiary/aromatic N) is 1. The molecule has 1 heterocycles. The van der Waals surface area contributed by atoms with E-state index in [0.717, 1.165) is 0 Å². The lowest BCUT2D eigenvalue weighted by Crippen LogP contribution is -2.47. The monoisotopic (exact) mass is 301 g/mol. The van der Waals surface area contributed by atoms with Gasteiger partial charge in [-0.05, 0) is 25.1 Å². The van der Waals surface area contributed by atoms with Crippen LogP contribution in [-0.2, 0) is 4.74 Å². The van der Waals surface area contributed by atoms with Crippen LogP contribution in [0.5, 0.6) is 0 Å². The second-order valence-corrected chi connectivity index (χ2v) is 4.96. The highest BCUT2D eigenvalue weighted by molar-refractivity contribution is 9.10. The summed E-state index contributed by atoms with van der Waals surface area (Å²) >= 11 is 3.17. The van der Waals surface area contributed by atoms with Crippen molar-refractivity contribution in [2.75, 3.05) is 19.8 Å². The third-order valence-corrected chi connectivity index (χ3v) is 3.28. The molecule has 2 rings (SSSR count). The molecule has 3 nitrogen and oxygen atoms in total. The highest BCUT2D eigenvalue weighted by Gasteiger charge is 2.26. The number of rotatable bonds is 1. The number of ether oxygens (including phenoxy) is 1. The highest BCUT2D eigenvalue weighted by Crippen LogP contribution is 2.18. The zero-order chi connectivity index (χ0) is 12.4. The van der Waals surface area contributed by atoms with E-state index in [-0.39, 0.29) is 17.5 Å². The van der Waals surface area contributed by atoms with Gasteiger partial charge < -0.3 is 9.64 Å². The molecule has 0 N–H and O–H groups in total. The molecule has 0 radical (unpaired) electrons. The number of halogens is 2. The molecule has 0 unspecified atom stereocenters. The van der Waals surface area contributed by atoms with Crippen molar-refractivity contribution in [3.05, 3.63) is 34.1 Å². The van der Waals surface area contributed by atoms with Gasteiger partial charge in [-0.15, -0.1) is 0 Å². The summed E-state index contributed by atoms with van der Waals surface area (Å²) in [7, 11) is 0. The van der Waals surface area contributed by atoms with Gasteiger partial charge in [0.2, 0.25) is 0 Å². The molecule has 1 atom stereocenters. The smallest absolute Gasteiger partial charge is 0.257 e. The van der Waals surface area contributed by atoms with Crippen molar-refractivity contribution >= 4 is 21.8 Å². The molecule has 1 aliphatic rings. The number of morpholine rings is 1. The first-order valence-electron chi connectivity index (χ1n) is 5.43. The number of benzene rings is 1. The number of carbonyl (C=O) groups is 1. The lowest BCUT2D eigenvalue weighted by atomic mass is 10.1. The maximum absolute atomic E-state index is 13.7. The van der Waals surface area contributed by atoms with Gasteiger partial charge in [-0.25, -0.2) is 4.39 Å². The third-order valence-electron chi connectivity index (χ3n) is 2.79. The van der Waals surface area contributed by atoms with Gasteiger partial charge in [-0.3, -0.25) is 4.79 Å². The standard InChI is InChI=1S/C12H13BrFNO2/c1-8-7-17-5-4-15(8)12(16)10-3-2-9(13)6-11(10)14/h2-3,6,8H,4-5,7H2,1H3/t8-/m1/s1. The Labute approximate surface area is 108 Å². The fraction of sp³-hybridized carbons (Fsp3) is 0.417.